The number of likely N-dealkylation sites (N-methyl/N-ethyl adjacent to an activating group) is 1. The van der Waals surface area contributed by atoms with Crippen LogP contribution < -0.4 is 4.74 Å². The van der Waals surface area contributed by atoms with Crippen molar-refractivity contribution in [1.29, 1.82) is 0 Å². The maximum absolute atomic E-state index is 14.6. The van der Waals surface area contributed by atoms with E-state index < -0.39 is 11.6 Å². The van der Waals surface area contributed by atoms with Crippen molar-refractivity contribution in [2.24, 2.45) is 0 Å². The minimum Gasteiger partial charge on any atom is -0.497 e. The summed E-state index contributed by atoms with van der Waals surface area (Å²) in [5.41, 5.74) is 1.66. The van der Waals surface area contributed by atoms with E-state index in [4.69, 9.17) is 4.74 Å². The minimum absolute atomic E-state index is 0.256. The molecule has 0 saturated carbocycles. The zero-order chi connectivity index (χ0) is 23.4. The second-order valence-electron chi connectivity index (χ2n) is 8.47. The fraction of sp³-hybridized carbons (Fsp3) is 0.346. The maximum Gasteiger partial charge on any atom is 0.145 e. The van der Waals surface area contributed by atoms with Gasteiger partial charge in [-0.2, -0.15) is 0 Å². The molecule has 4 rings (SSSR count). The Kier molecular flexibility index (Phi) is 7.30. The predicted octanol–water partition coefficient (Wildman–Crippen LogP) is 4.92. The first-order valence-corrected chi connectivity index (χ1v) is 11.1. The Labute approximate surface area is 192 Å². The quantitative estimate of drug-likeness (QED) is 0.482. The molecule has 1 saturated heterocycles. The minimum atomic E-state index is -0.448. The predicted molar refractivity (Wildman–Crippen MR) is 125 cm³/mol. The highest BCUT2D eigenvalue weighted by Crippen LogP contribution is 2.25. The number of likely N-dealkylation sites (tertiary alicyclic amines) is 1. The van der Waals surface area contributed by atoms with Crippen LogP contribution >= 0.6 is 0 Å². The molecule has 0 spiro atoms. The molecule has 1 atom stereocenters. The molecule has 0 amide bonds. The van der Waals surface area contributed by atoms with E-state index in [0.29, 0.717) is 30.3 Å². The number of fused-ring (bicyclic) bond motifs is 1. The average molecular weight is 456 g/mol. The molecule has 1 aromatic heterocycles. The number of ether oxygens (including phenoxy) is 1. The summed E-state index contributed by atoms with van der Waals surface area (Å²) in [5.74, 6) is -0.495. The fourth-order valence-electron chi connectivity index (χ4n) is 4.36. The number of rotatable bonds is 8. The smallest absolute Gasteiger partial charge is 0.145 e. The van der Waals surface area contributed by atoms with Gasteiger partial charge in [-0.3, -0.25) is 9.88 Å². The number of nitrogens with zero attached hydrogens (tertiary/aromatic N) is 3. The molecule has 174 valence electrons. The molecule has 4 nitrogen and oxygen atoms in total. The Morgan fingerprint density at radius 1 is 1.15 bits per heavy atom. The lowest BCUT2D eigenvalue weighted by molar-refractivity contribution is 0.239. The van der Waals surface area contributed by atoms with E-state index in [2.05, 4.69) is 21.8 Å². The molecule has 0 radical (unpaired) electrons. The number of hydrogen-bond donors (Lipinski definition) is 0. The third-order valence-corrected chi connectivity index (χ3v) is 6.34. The Balaban J connectivity index is 1.34. The molecule has 2 heterocycles. The number of benzene rings is 2. The Bertz CT molecular complexity index is 1150. The Morgan fingerprint density at radius 2 is 2.00 bits per heavy atom. The lowest BCUT2D eigenvalue weighted by Crippen LogP contribution is -2.36. The van der Waals surface area contributed by atoms with E-state index in [0.717, 1.165) is 49.1 Å². The molecule has 0 N–H and O–H groups in total. The molecule has 0 aliphatic carbocycles. The van der Waals surface area contributed by atoms with Crippen molar-refractivity contribution in [3.8, 4) is 5.75 Å². The van der Waals surface area contributed by atoms with Crippen LogP contribution in [0.4, 0.5) is 13.2 Å². The van der Waals surface area contributed by atoms with E-state index in [9.17, 15) is 13.2 Å². The normalized spacial score (nSPS) is 17.0. The van der Waals surface area contributed by atoms with Gasteiger partial charge >= 0.3 is 0 Å². The van der Waals surface area contributed by atoms with Crippen LogP contribution in [0.2, 0.25) is 0 Å². The van der Waals surface area contributed by atoms with Gasteiger partial charge in [0.15, 0.2) is 0 Å². The van der Waals surface area contributed by atoms with Gasteiger partial charge in [-0.05, 0) is 56.3 Å². The first kappa shape index (κ1) is 23.3. The van der Waals surface area contributed by atoms with E-state index in [-0.39, 0.29) is 11.4 Å². The van der Waals surface area contributed by atoms with Gasteiger partial charge in [0, 0.05) is 48.7 Å². The molecule has 2 aromatic carbocycles. The third-order valence-electron chi connectivity index (χ3n) is 6.34. The van der Waals surface area contributed by atoms with Gasteiger partial charge in [0.25, 0.3) is 0 Å². The molecule has 1 fully saturated rings. The molecular weight excluding hydrogens is 427 g/mol. The van der Waals surface area contributed by atoms with E-state index >= 15 is 0 Å². The van der Waals surface area contributed by atoms with Gasteiger partial charge in [-0.25, -0.2) is 13.2 Å². The summed E-state index contributed by atoms with van der Waals surface area (Å²) >= 11 is 0. The van der Waals surface area contributed by atoms with Crippen LogP contribution in [0.25, 0.3) is 17.0 Å². The van der Waals surface area contributed by atoms with Gasteiger partial charge in [0.1, 0.15) is 23.2 Å². The largest absolute Gasteiger partial charge is 0.497 e. The van der Waals surface area contributed by atoms with Crippen molar-refractivity contribution >= 4 is 17.0 Å². The zero-order valence-electron chi connectivity index (χ0n) is 18.9. The Hall–Kier alpha value is -2.90. The standard InChI is InChI=1S/C26H28F3N3O/c1-31(12-10-22-23-15-21(33-2)6-8-26(23)30-16-25(22)29)20-9-13-32(17-20)11-3-4-18-14-19(27)5-7-24(18)28/h3-8,14-16,20H,9-13,17H2,1-2H3. The highest BCUT2D eigenvalue weighted by molar-refractivity contribution is 5.83. The number of pyridine rings is 1. The molecule has 1 unspecified atom stereocenters. The van der Waals surface area contributed by atoms with E-state index in [1.807, 2.05) is 24.3 Å². The average Bonchev–Trinajstić information content (AvgIpc) is 3.29. The number of hydrogen-bond acceptors (Lipinski definition) is 4. The molecular formula is C26H28F3N3O. The van der Waals surface area contributed by atoms with Gasteiger partial charge in [-0.1, -0.05) is 12.2 Å². The summed E-state index contributed by atoms with van der Waals surface area (Å²) in [6.07, 6.45) is 6.36. The number of halogens is 3. The molecule has 1 aliphatic rings. The molecule has 3 aromatic rings. The van der Waals surface area contributed by atoms with Gasteiger partial charge in [-0.15, -0.1) is 0 Å². The summed E-state index contributed by atoms with van der Waals surface area (Å²) < 4.78 is 47.0. The van der Waals surface area contributed by atoms with Crippen molar-refractivity contribution in [3.63, 3.8) is 0 Å². The van der Waals surface area contributed by atoms with Crippen LogP contribution in [0.5, 0.6) is 5.75 Å². The lowest BCUT2D eigenvalue weighted by Gasteiger charge is -2.25. The van der Waals surface area contributed by atoms with Crippen LogP contribution in [0.1, 0.15) is 17.5 Å². The van der Waals surface area contributed by atoms with E-state index in [1.165, 1.54) is 12.3 Å². The number of aromatic nitrogens is 1. The van der Waals surface area contributed by atoms with Crippen LogP contribution in [0, 0.1) is 17.5 Å². The summed E-state index contributed by atoms with van der Waals surface area (Å²) in [4.78, 5) is 8.74. The van der Waals surface area contributed by atoms with Gasteiger partial charge in [0.2, 0.25) is 0 Å². The first-order valence-electron chi connectivity index (χ1n) is 11.1. The molecule has 33 heavy (non-hydrogen) atoms. The maximum atomic E-state index is 14.6. The second kappa shape index (κ2) is 10.4. The summed E-state index contributed by atoms with van der Waals surface area (Å²) in [7, 11) is 3.66. The highest BCUT2D eigenvalue weighted by atomic mass is 19.1. The summed E-state index contributed by atoms with van der Waals surface area (Å²) in [6, 6.07) is 9.32. The summed E-state index contributed by atoms with van der Waals surface area (Å²) in [5, 5.41) is 0.783. The SMILES string of the molecule is COc1ccc2ncc(F)c(CCN(C)C3CCN(CC=Cc4cc(F)ccc4F)C3)c2c1. The monoisotopic (exact) mass is 455 g/mol. The van der Waals surface area contributed by atoms with Gasteiger partial charge < -0.3 is 9.64 Å². The zero-order valence-corrected chi connectivity index (χ0v) is 18.9. The molecule has 7 heteroatoms. The Morgan fingerprint density at radius 3 is 2.82 bits per heavy atom. The van der Waals surface area contributed by atoms with Crippen LogP contribution in [0.3, 0.4) is 0 Å². The van der Waals surface area contributed by atoms with Gasteiger partial charge in [0.05, 0.1) is 18.8 Å². The highest BCUT2D eigenvalue weighted by Gasteiger charge is 2.25. The van der Waals surface area contributed by atoms with Crippen LogP contribution in [0.15, 0.2) is 48.7 Å². The van der Waals surface area contributed by atoms with Crippen molar-refractivity contribution in [2.75, 3.05) is 40.3 Å². The van der Waals surface area contributed by atoms with Crippen LogP contribution in [-0.2, 0) is 6.42 Å². The number of methoxy groups -OCH3 is 1. The summed E-state index contributed by atoms with van der Waals surface area (Å²) in [6.45, 7) is 3.19. The third kappa shape index (κ3) is 5.54. The van der Waals surface area contributed by atoms with Crippen molar-refractivity contribution < 1.29 is 17.9 Å². The topological polar surface area (TPSA) is 28.6 Å². The fourth-order valence-corrected chi connectivity index (χ4v) is 4.36. The lowest BCUT2D eigenvalue weighted by atomic mass is 10.0. The van der Waals surface area contributed by atoms with Crippen molar-refractivity contribution in [2.45, 2.75) is 18.9 Å². The van der Waals surface area contributed by atoms with E-state index in [1.54, 1.807) is 13.2 Å². The van der Waals surface area contributed by atoms with Crippen LogP contribution in [-0.4, -0.2) is 61.2 Å². The van der Waals surface area contributed by atoms with Crippen molar-refractivity contribution in [3.05, 3.63) is 77.2 Å². The molecule has 1 aliphatic heterocycles. The van der Waals surface area contributed by atoms with Crippen molar-refractivity contribution in [1.82, 2.24) is 14.8 Å². The molecule has 0 bridgehead atoms. The first-order chi connectivity index (χ1) is 15.9. The second-order valence-corrected chi connectivity index (χ2v) is 8.47.